The van der Waals surface area contributed by atoms with Gasteiger partial charge in [-0.15, -0.1) is 24.0 Å². The highest BCUT2D eigenvalue weighted by Gasteiger charge is 2.36. The summed E-state index contributed by atoms with van der Waals surface area (Å²) < 4.78 is 5.65. The van der Waals surface area contributed by atoms with Crippen molar-refractivity contribution in [3.63, 3.8) is 0 Å². The summed E-state index contributed by atoms with van der Waals surface area (Å²) >= 11 is 8.56. The Labute approximate surface area is 196 Å². The number of thioether (sulfide) groups is 1. The van der Waals surface area contributed by atoms with Crippen LogP contribution in [-0.2, 0) is 10.2 Å². The van der Waals surface area contributed by atoms with Crippen LogP contribution in [0.5, 0.6) is 0 Å². The minimum absolute atomic E-state index is 0. The first-order valence-electron chi connectivity index (χ1n) is 9.99. The van der Waals surface area contributed by atoms with E-state index in [1.54, 1.807) is 0 Å². The second-order valence-electron chi connectivity index (χ2n) is 7.66. The molecule has 1 heterocycles. The van der Waals surface area contributed by atoms with Gasteiger partial charge in [-0.1, -0.05) is 36.2 Å². The van der Waals surface area contributed by atoms with Gasteiger partial charge in [0.25, 0.3) is 0 Å². The molecular formula is C21H33ClIN3OS. The molecule has 7 heteroatoms. The van der Waals surface area contributed by atoms with Gasteiger partial charge in [-0.25, -0.2) is 0 Å². The molecule has 1 aromatic rings. The molecule has 1 aliphatic carbocycles. The van der Waals surface area contributed by atoms with Gasteiger partial charge in [0, 0.05) is 48.5 Å². The standard InChI is InChI=1S/C21H32ClN3OS.HI/c1-23-20(25-16-6-5-7-17(14-16)27-2)24-15-21(10-12-26-13-11-21)18-8-3-4-9-19(18)22;/h3-4,8-9,16-17H,5-7,10-15H2,1-2H3,(H2,23,24,25);1H. The highest BCUT2D eigenvalue weighted by atomic mass is 127. The molecule has 158 valence electrons. The van der Waals surface area contributed by atoms with E-state index in [2.05, 4.69) is 34.0 Å². The molecule has 0 bridgehead atoms. The number of nitrogens with zero attached hydrogens (tertiary/aromatic N) is 1. The lowest BCUT2D eigenvalue weighted by Gasteiger charge is -2.39. The molecule has 0 radical (unpaired) electrons. The Hall–Kier alpha value is -0.180. The van der Waals surface area contributed by atoms with Crippen LogP contribution in [0.2, 0.25) is 5.02 Å². The van der Waals surface area contributed by atoms with Gasteiger partial charge in [0.05, 0.1) is 0 Å². The average molecular weight is 538 g/mol. The molecule has 1 saturated carbocycles. The van der Waals surface area contributed by atoms with Crippen molar-refractivity contribution < 1.29 is 4.74 Å². The molecule has 2 unspecified atom stereocenters. The summed E-state index contributed by atoms with van der Waals surface area (Å²) in [7, 11) is 1.86. The monoisotopic (exact) mass is 537 g/mol. The molecule has 2 N–H and O–H groups in total. The summed E-state index contributed by atoms with van der Waals surface area (Å²) in [5.41, 5.74) is 1.21. The number of ether oxygens (including phenoxy) is 1. The summed E-state index contributed by atoms with van der Waals surface area (Å²) in [4.78, 5) is 4.49. The predicted molar refractivity (Wildman–Crippen MR) is 133 cm³/mol. The number of guanidine groups is 1. The zero-order valence-corrected chi connectivity index (χ0v) is 20.8. The van der Waals surface area contributed by atoms with Crippen molar-refractivity contribution in [3.05, 3.63) is 34.9 Å². The number of halogens is 2. The van der Waals surface area contributed by atoms with Gasteiger partial charge in [0.1, 0.15) is 0 Å². The topological polar surface area (TPSA) is 45.7 Å². The first-order chi connectivity index (χ1) is 13.2. The minimum atomic E-state index is -0.0113. The minimum Gasteiger partial charge on any atom is -0.381 e. The van der Waals surface area contributed by atoms with E-state index >= 15 is 0 Å². The van der Waals surface area contributed by atoms with E-state index in [4.69, 9.17) is 16.3 Å². The Balaban J connectivity index is 0.00000280. The normalized spacial score (nSPS) is 24.9. The van der Waals surface area contributed by atoms with Gasteiger partial charge in [0.2, 0.25) is 0 Å². The third kappa shape index (κ3) is 6.16. The van der Waals surface area contributed by atoms with Crippen molar-refractivity contribution in [2.45, 2.75) is 55.2 Å². The van der Waals surface area contributed by atoms with Crippen molar-refractivity contribution in [2.24, 2.45) is 4.99 Å². The Morgan fingerprint density at radius 1 is 1.29 bits per heavy atom. The first-order valence-corrected chi connectivity index (χ1v) is 11.7. The van der Waals surface area contributed by atoms with Gasteiger partial charge in [-0.05, 0) is 50.0 Å². The fraction of sp³-hybridized carbons (Fsp3) is 0.667. The number of hydrogen-bond acceptors (Lipinski definition) is 3. The number of benzene rings is 1. The average Bonchev–Trinajstić information content (AvgIpc) is 2.72. The summed E-state index contributed by atoms with van der Waals surface area (Å²) in [6.45, 7) is 2.37. The maximum Gasteiger partial charge on any atom is 0.191 e. The Morgan fingerprint density at radius 3 is 2.71 bits per heavy atom. The maximum absolute atomic E-state index is 6.57. The first kappa shape index (κ1) is 24.1. The molecule has 3 rings (SSSR count). The highest BCUT2D eigenvalue weighted by molar-refractivity contribution is 14.0. The SMILES string of the molecule is CN=C(NCC1(c2ccccc2Cl)CCOCC1)NC1CCCC(SC)C1.I. The molecule has 1 saturated heterocycles. The fourth-order valence-electron chi connectivity index (χ4n) is 4.33. The Bertz CT molecular complexity index is 640. The van der Waals surface area contributed by atoms with Crippen molar-refractivity contribution in [2.75, 3.05) is 33.1 Å². The molecule has 2 fully saturated rings. The van der Waals surface area contributed by atoms with Crippen molar-refractivity contribution >= 4 is 53.3 Å². The summed E-state index contributed by atoms with van der Waals surface area (Å²) in [5.74, 6) is 0.902. The van der Waals surface area contributed by atoms with Crippen LogP contribution in [0.4, 0.5) is 0 Å². The largest absolute Gasteiger partial charge is 0.381 e. The smallest absolute Gasteiger partial charge is 0.191 e. The summed E-state index contributed by atoms with van der Waals surface area (Å²) in [6.07, 6.45) is 9.23. The maximum atomic E-state index is 6.57. The van der Waals surface area contributed by atoms with Crippen LogP contribution in [-0.4, -0.2) is 50.3 Å². The van der Waals surface area contributed by atoms with E-state index in [9.17, 15) is 0 Å². The van der Waals surface area contributed by atoms with Crippen molar-refractivity contribution in [3.8, 4) is 0 Å². The van der Waals surface area contributed by atoms with Crippen LogP contribution in [0.15, 0.2) is 29.3 Å². The van der Waals surface area contributed by atoms with Crippen LogP contribution >= 0.6 is 47.3 Å². The number of hydrogen-bond donors (Lipinski definition) is 2. The van der Waals surface area contributed by atoms with Gasteiger partial charge < -0.3 is 15.4 Å². The molecule has 2 atom stereocenters. The van der Waals surface area contributed by atoms with E-state index in [1.807, 2.05) is 30.9 Å². The predicted octanol–water partition coefficient (Wildman–Crippen LogP) is 4.85. The molecule has 0 spiro atoms. The van der Waals surface area contributed by atoms with E-state index in [-0.39, 0.29) is 29.4 Å². The quantitative estimate of drug-likeness (QED) is 0.320. The molecule has 2 aliphatic rings. The molecule has 0 amide bonds. The van der Waals surface area contributed by atoms with Crippen molar-refractivity contribution in [1.82, 2.24) is 10.6 Å². The Kier molecular flexibility index (Phi) is 10.2. The van der Waals surface area contributed by atoms with E-state index in [0.717, 1.165) is 48.8 Å². The molecule has 28 heavy (non-hydrogen) atoms. The van der Waals surface area contributed by atoms with Gasteiger partial charge in [-0.2, -0.15) is 11.8 Å². The zero-order chi connectivity index (χ0) is 19.1. The highest BCUT2D eigenvalue weighted by Crippen LogP contribution is 2.38. The van der Waals surface area contributed by atoms with Gasteiger partial charge in [-0.3, -0.25) is 4.99 Å². The second kappa shape index (κ2) is 11.9. The van der Waals surface area contributed by atoms with Crippen LogP contribution in [0.1, 0.15) is 44.1 Å². The molecule has 4 nitrogen and oxygen atoms in total. The summed E-state index contributed by atoms with van der Waals surface area (Å²) in [6, 6.07) is 8.74. The lowest BCUT2D eigenvalue weighted by Crippen LogP contribution is -2.51. The number of nitrogens with one attached hydrogen (secondary N) is 2. The molecular weight excluding hydrogens is 505 g/mol. The van der Waals surface area contributed by atoms with E-state index < -0.39 is 0 Å². The lowest BCUT2D eigenvalue weighted by molar-refractivity contribution is 0.0514. The molecule has 0 aromatic heterocycles. The van der Waals surface area contributed by atoms with Gasteiger partial charge in [0.15, 0.2) is 5.96 Å². The van der Waals surface area contributed by atoms with E-state index in [0.29, 0.717) is 6.04 Å². The zero-order valence-electron chi connectivity index (χ0n) is 16.9. The number of rotatable bonds is 5. The third-order valence-corrected chi connectivity index (χ3v) is 7.44. The van der Waals surface area contributed by atoms with Crippen LogP contribution in [0.3, 0.4) is 0 Å². The van der Waals surface area contributed by atoms with Crippen molar-refractivity contribution in [1.29, 1.82) is 0 Å². The van der Waals surface area contributed by atoms with Gasteiger partial charge >= 0.3 is 0 Å². The molecule has 1 aromatic carbocycles. The van der Waals surface area contributed by atoms with Crippen LogP contribution in [0, 0.1) is 0 Å². The van der Waals surface area contributed by atoms with E-state index in [1.165, 1.54) is 31.2 Å². The molecule has 1 aliphatic heterocycles. The second-order valence-corrected chi connectivity index (χ2v) is 9.21. The number of aliphatic imine (C=N–C) groups is 1. The third-order valence-electron chi connectivity index (χ3n) is 6.01. The summed E-state index contributed by atoms with van der Waals surface area (Å²) in [5, 5.41) is 8.87. The van der Waals surface area contributed by atoms with Crippen LogP contribution in [0.25, 0.3) is 0 Å². The lowest BCUT2D eigenvalue weighted by atomic mass is 9.74. The van der Waals surface area contributed by atoms with Crippen LogP contribution < -0.4 is 10.6 Å². The fourth-order valence-corrected chi connectivity index (χ4v) is 5.49. The Morgan fingerprint density at radius 2 is 2.04 bits per heavy atom.